The third-order valence-corrected chi connectivity index (χ3v) is 5.89. The van der Waals surface area contributed by atoms with Gasteiger partial charge in [-0.1, -0.05) is 65.1 Å². The minimum absolute atomic E-state index is 0.0922. The Bertz CT molecular complexity index is 989. The third-order valence-electron chi connectivity index (χ3n) is 3.92. The second-order valence-corrected chi connectivity index (χ2v) is 8.28. The second-order valence-electron chi connectivity index (χ2n) is 6.08. The Labute approximate surface area is 176 Å². The lowest BCUT2D eigenvalue weighted by molar-refractivity contribution is -0.118. The van der Waals surface area contributed by atoms with E-state index < -0.39 is 0 Å². The number of para-hydroxylation sites is 1. The number of hydrogen-bond acceptors (Lipinski definition) is 7. The molecule has 29 heavy (non-hydrogen) atoms. The maximum atomic E-state index is 12.4. The predicted molar refractivity (Wildman–Crippen MR) is 115 cm³/mol. The SMILES string of the molecule is COc1ccccc1C(=O)Nc1nnc(SCC(=O)NCc2ccc(C)cc2)s1. The summed E-state index contributed by atoms with van der Waals surface area (Å²) in [5, 5.41) is 13.9. The lowest BCUT2D eigenvalue weighted by atomic mass is 10.1. The van der Waals surface area contributed by atoms with Crippen LogP contribution in [0.4, 0.5) is 5.13 Å². The van der Waals surface area contributed by atoms with Crippen LogP contribution in [0.15, 0.2) is 52.9 Å². The van der Waals surface area contributed by atoms with Gasteiger partial charge >= 0.3 is 0 Å². The van der Waals surface area contributed by atoms with Crippen molar-refractivity contribution in [1.82, 2.24) is 15.5 Å². The molecule has 150 valence electrons. The van der Waals surface area contributed by atoms with E-state index in [1.165, 1.54) is 35.8 Å². The van der Waals surface area contributed by atoms with Crippen LogP contribution in [0.1, 0.15) is 21.5 Å². The van der Waals surface area contributed by atoms with Gasteiger partial charge in [-0.2, -0.15) is 0 Å². The third kappa shape index (κ3) is 6.03. The fraction of sp³-hybridized carbons (Fsp3) is 0.200. The standard InChI is InChI=1S/C20H20N4O3S2/c1-13-7-9-14(10-8-13)11-21-17(25)12-28-20-24-23-19(29-20)22-18(26)15-5-3-4-6-16(15)27-2/h3-10H,11-12H2,1-2H3,(H,21,25)(H,22,23,26). The minimum atomic E-state index is -0.328. The number of thioether (sulfide) groups is 1. The molecular formula is C20H20N4O3S2. The highest BCUT2D eigenvalue weighted by Gasteiger charge is 2.15. The average molecular weight is 429 g/mol. The Kier molecular flexibility index (Phi) is 7.20. The van der Waals surface area contributed by atoms with Crippen molar-refractivity contribution in [2.45, 2.75) is 17.8 Å². The zero-order valence-electron chi connectivity index (χ0n) is 16.0. The van der Waals surface area contributed by atoms with Crippen LogP contribution in [-0.4, -0.2) is 34.9 Å². The molecule has 7 nitrogen and oxygen atoms in total. The van der Waals surface area contributed by atoms with E-state index in [0.717, 1.165) is 5.56 Å². The Balaban J connectivity index is 1.48. The molecule has 1 aromatic heterocycles. The summed E-state index contributed by atoms with van der Waals surface area (Å²) in [5.74, 6) is 0.284. The first-order valence-corrected chi connectivity index (χ1v) is 10.6. The number of anilines is 1. The van der Waals surface area contributed by atoms with E-state index in [2.05, 4.69) is 20.8 Å². The molecule has 2 aromatic carbocycles. The van der Waals surface area contributed by atoms with E-state index in [1.807, 2.05) is 31.2 Å². The van der Waals surface area contributed by atoms with Crippen molar-refractivity contribution < 1.29 is 14.3 Å². The molecule has 0 aliphatic carbocycles. The number of nitrogens with one attached hydrogen (secondary N) is 2. The predicted octanol–water partition coefficient (Wildman–Crippen LogP) is 3.52. The van der Waals surface area contributed by atoms with Crippen LogP contribution in [0.5, 0.6) is 5.75 Å². The van der Waals surface area contributed by atoms with Crippen molar-refractivity contribution in [1.29, 1.82) is 0 Å². The maximum absolute atomic E-state index is 12.4. The summed E-state index contributed by atoms with van der Waals surface area (Å²) >= 11 is 2.49. The number of ether oxygens (including phenoxy) is 1. The molecule has 0 saturated heterocycles. The number of hydrogen-bond donors (Lipinski definition) is 2. The molecule has 0 radical (unpaired) electrons. The van der Waals surface area contributed by atoms with Crippen molar-refractivity contribution in [3.8, 4) is 5.75 Å². The molecule has 3 aromatic rings. The highest BCUT2D eigenvalue weighted by atomic mass is 32.2. The number of carbonyl (C=O) groups excluding carboxylic acids is 2. The van der Waals surface area contributed by atoms with Gasteiger partial charge in [0.25, 0.3) is 5.91 Å². The lowest BCUT2D eigenvalue weighted by Crippen LogP contribution is -2.24. The lowest BCUT2D eigenvalue weighted by Gasteiger charge is -2.06. The summed E-state index contributed by atoms with van der Waals surface area (Å²) in [7, 11) is 1.51. The molecule has 0 spiro atoms. The fourth-order valence-electron chi connectivity index (χ4n) is 2.40. The molecular weight excluding hydrogens is 408 g/mol. The van der Waals surface area contributed by atoms with Crippen LogP contribution in [0.2, 0.25) is 0 Å². The van der Waals surface area contributed by atoms with E-state index in [-0.39, 0.29) is 17.6 Å². The Morgan fingerprint density at radius 2 is 1.86 bits per heavy atom. The quantitative estimate of drug-likeness (QED) is 0.421. The zero-order valence-corrected chi connectivity index (χ0v) is 17.6. The summed E-state index contributed by atoms with van der Waals surface area (Å²) in [5.41, 5.74) is 2.64. The van der Waals surface area contributed by atoms with Crippen LogP contribution in [-0.2, 0) is 11.3 Å². The van der Waals surface area contributed by atoms with Crippen LogP contribution in [0.3, 0.4) is 0 Å². The summed E-state index contributed by atoms with van der Waals surface area (Å²) in [4.78, 5) is 24.4. The van der Waals surface area contributed by atoms with Gasteiger partial charge in [0.1, 0.15) is 5.75 Å². The number of methoxy groups -OCH3 is 1. The number of rotatable bonds is 8. The van der Waals surface area contributed by atoms with Gasteiger partial charge in [0.2, 0.25) is 11.0 Å². The van der Waals surface area contributed by atoms with Crippen LogP contribution >= 0.6 is 23.1 Å². The maximum Gasteiger partial charge on any atom is 0.261 e. The fourth-order valence-corrected chi connectivity index (χ4v) is 3.98. The van der Waals surface area contributed by atoms with Gasteiger partial charge in [0.15, 0.2) is 4.34 Å². The highest BCUT2D eigenvalue weighted by Crippen LogP contribution is 2.26. The number of carbonyl (C=O) groups is 2. The smallest absolute Gasteiger partial charge is 0.261 e. The van der Waals surface area contributed by atoms with Gasteiger partial charge in [0, 0.05) is 6.54 Å². The van der Waals surface area contributed by atoms with Crippen molar-refractivity contribution in [3.63, 3.8) is 0 Å². The van der Waals surface area contributed by atoms with Crippen molar-refractivity contribution in [3.05, 3.63) is 65.2 Å². The summed E-state index contributed by atoms with van der Waals surface area (Å²) in [6.45, 7) is 2.50. The second kappa shape index (κ2) is 10.0. The van der Waals surface area contributed by atoms with Gasteiger partial charge in [0.05, 0.1) is 18.4 Å². The van der Waals surface area contributed by atoms with Crippen molar-refractivity contribution in [2.75, 3.05) is 18.2 Å². The van der Waals surface area contributed by atoms with Crippen LogP contribution in [0.25, 0.3) is 0 Å². The van der Waals surface area contributed by atoms with E-state index in [1.54, 1.807) is 24.3 Å². The summed E-state index contributed by atoms with van der Waals surface area (Å²) in [6.07, 6.45) is 0. The largest absolute Gasteiger partial charge is 0.496 e. The summed E-state index contributed by atoms with van der Waals surface area (Å²) < 4.78 is 5.80. The van der Waals surface area contributed by atoms with Gasteiger partial charge in [-0.15, -0.1) is 10.2 Å². The van der Waals surface area contributed by atoms with E-state index in [4.69, 9.17) is 4.74 Å². The molecule has 0 atom stereocenters. The first-order valence-electron chi connectivity index (χ1n) is 8.78. The molecule has 3 rings (SSSR count). The first-order chi connectivity index (χ1) is 14.0. The molecule has 9 heteroatoms. The minimum Gasteiger partial charge on any atom is -0.496 e. The topological polar surface area (TPSA) is 93.2 Å². The Hall–Kier alpha value is -2.91. The van der Waals surface area contributed by atoms with E-state index >= 15 is 0 Å². The van der Waals surface area contributed by atoms with Crippen LogP contribution in [0, 0.1) is 6.92 Å². The van der Waals surface area contributed by atoms with Crippen molar-refractivity contribution in [2.24, 2.45) is 0 Å². The molecule has 2 amide bonds. The number of amides is 2. The highest BCUT2D eigenvalue weighted by molar-refractivity contribution is 8.01. The molecule has 0 saturated carbocycles. The molecule has 0 aliphatic rings. The van der Waals surface area contributed by atoms with Crippen LogP contribution < -0.4 is 15.4 Å². The van der Waals surface area contributed by atoms with Crippen molar-refractivity contribution >= 4 is 40.0 Å². The van der Waals surface area contributed by atoms with Gasteiger partial charge < -0.3 is 10.1 Å². The van der Waals surface area contributed by atoms with E-state index in [9.17, 15) is 9.59 Å². The normalized spacial score (nSPS) is 10.4. The molecule has 0 unspecified atom stereocenters. The summed E-state index contributed by atoms with van der Waals surface area (Å²) in [6, 6.07) is 14.9. The average Bonchev–Trinajstić information content (AvgIpc) is 3.19. The zero-order chi connectivity index (χ0) is 20.6. The number of benzene rings is 2. The number of aryl methyl sites for hydroxylation is 1. The van der Waals surface area contributed by atoms with E-state index in [0.29, 0.717) is 27.3 Å². The number of nitrogens with zero attached hydrogens (tertiary/aromatic N) is 2. The monoisotopic (exact) mass is 428 g/mol. The molecule has 2 N–H and O–H groups in total. The Morgan fingerprint density at radius 1 is 1.10 bits per heavy atom. The van der Waals surface area contributed by atoms with Gasteiger partial charge in [-0.25, -0.2) is 0 Å². The molecule has 0 fully saturated rings. The Morgan fingerprint density at radius 3 is 2.62 bits per heavy atom. The number of aromatic nitrogens is 2. The molecule has 0 bridgehead atoms. The molecule has 1 heterocycles. The van der Waals surface area contributed by atoms with Gasteiger partial charge in [-0.3, -0.25) is 14.9 Å². The molecule has 0 aliphatic heterocycles. The first kappa shape index (κ1) is 20.8. The van der Waals surface area contributed by atoms with Gasteiger partial charge in [-0.05, 0) is 24.6 Å².